The van der Waals surface area contributed by atoms with Crippen LogP contribution in [0.4, 0.5) is 0 Å². The third-order valence-corrected chi connectivity index (χ3v) is 4.86. The summed E-state index contributed by atoms with van der Waals surface area (Å²) in [4.78, 5) is 26.2. The molecule has 23 heavy (non-hydrogen) atoms. The zero-order valence-electron chi connectivity index (χ0n) is 13.5. The zero-order valence-corrected chi connectivity index (χ0v) is 14.3. The van der Waals surface area contributed by atoms with Gasteiger partial charge in [0.2, 0.25) is 5.91 Å². The van der Waals surface area contributed by atoms with Gasteiger partial charge in [0.05, 0.1) is 18.3 Å². The smallest absolute Gasteiger partial charge is 0.308 e. The molecule has 6 heteroatoms. The van der Waals surface area contributed by atoms with E-state index in [4.69, 9.17) is 4.74 Å². The Kier molecular flexibility index (Phi) is 6.33. The Balaban J connectivity index is 1.87. The molecule has 1 fully saturated rings. The van der Waals surface area contributed by atoms with Crippen molar-refractivity contribution in [2.75, 3.05) is 25.4 Å². The summed E-state index contributed by atoms with van der Waals surface area (Å²) in [6, 6.07) is 7.64. The van der Waals surface area contributed by atoms with Gasteiger partial charge in [-0.1, -0.05) is 6.92 Å². The molecule has 0 aliphatic carbocycles. The first-order valence-corrected chi connectivity index (χ1v) is 8.84. The van der Waals surface area contributed by atoms with Gasteiger partial charge < -0.3 is 14.7 Å². The van der Waals surface area contributed by atoms with Crippen molar-refractivity contribution in [2.24, 2.45) is 11.8 Å². The maximum Gasteiger partial charge on any atom is 0.308 e. The fraction of sp³-hybridized carbons (Fsp3) is 0.529. The minimum Gasteiger partial charge on any atom is -0.494 e. The number of aliphatic carboxylic acids is 1. The van der Waals surface area contributed by atoms with Crippen LogP contribution in [0.3, 0.4) is 0 Å². The number of piperidine rings is 1. The summed E-state index contributed by atoms with van der Waals surface area (Å²) in [6.45, 7) is 5.53. The summed E-state index contributed by atoms with van der Waals surface area (Å²) >= 11 is 1.47. The van der Waals surface area contributed by atoms with E-state index >= 15 is 0 Å². The van der Waals surface area contributed by atoms with Crippen LogP contribution in [0.25, 0.3) is 0 Å². The van der Waals surface area contributed by atoms with Crippen molar-refractivity contribution in [1.82, 2.24) is 4.90 Å². The molecule has 1 aromatic rings. The van der Waals surface area contributed by atoms with E-state index in [0.717, 1.165) is 10.6 Å². The Bertz CT molecular complexity index is 546. The molecule has 0 saturated carbocycles. The zero-order chi connectivity index (χ0) is 16.8. The van der Waals surface area contributed by atoms with Crippen LogP contribution in [-0.4, -0.2) is 47.3 Å². The summed E-state index contributed by atoms with van der Waals surface area (Å²) in [6.07, 6.45) is 0.644. The molecule has 0 spiro atoms. The molecule has 1 N–H and O–H groups in total. The number of benzene rings is 1. The molecule has 1 aromatic carbocycles. The predicted octanol–water partition coefficient (Wildman–Crippen LogP) is 2.75. The number of rotatable bonds is 6. The van der Waals surface area contributed by atoms with Crippen LogP contribution < -0.4 is 4.74 Å². The summed E-state index contributed by atoms with van der Waals surface area (Å²) in [5, 5.41) is 9.18. The number of hydrogen-bond acceptors (Lipinski definition) is 4. The number of hydrogen-bond donors (Lipinski definition) is 1. The Morgan fingerprint density at radius 1 is 1.30 bits per heavy atom. The second kappa shape index (κ2) is 8.24. The topological polar surface area (TPSA) is 66.8 Å². The van der Waals surface area contributed by atoms with Gasteiger partial charge in [-0.25, -0.2) is 0 Å². The number of carboxylic acids is 1. The van der Waals surface area contributed by atoms with Crippen molar-refractivity contribution in [3.05, 3.63) is 24.3 Å². The maximum atomic E-state index is 12.3. The third-order valence-electron chi connectivity index (χ3n) is 3.86. The average molecular weight is 337 g/mol. The summed E-state index contributed by atoms with van der Waals surface area (Å²) in [7, 11) is 0. The van der Waals surface area contributed by atoms with Crippen molar-refractivity contribution < 1.29 is 19.4 Å². The Morgan fingerprint density at radius 2 is 2.00 bits per heavy atom. The van der Waals surface area contributed by atoms with E-state index in [-0.39, 0.29) is 11.8 Å². The van der Waals surface area contributed by atoms with E-state index in [1.54, 1.807) is 4.90 Å². The molecule has 0 aromatic heterocycles. The molecule has 0 radical (unpaired) electrons. The molecular weight excluding hydrogens is 314 g/mol. The average Bonchev–Trinajstić information content (AvgIpc) is 2.53. The van der Waals surface area contributed by atoms with Gasteiger partial charge >= 0.3 is 5.97 Å². The van der Waals surface area contributed by atoms with Crippen molar-refractivity contribution >= 4 is 23.6 Å². The molecule has 1 saturated heterocycles. The Morgan fingerprint density at radius 3 is 2.61 bits per heavy atom. The van der Waals surface area contributed by atoms with Crippen LogP contribution in [0.1, 0.15) is 20.3 Å². The van der Waals surface area contributed by atoms with Gasteiger partial charge in [0.25, 0.3) is 0 Å². The van der Waals surface area contributed by atoms with Gasteiger partial charge in [-0.05, 0) is 43.5 Å². The monoisotopic (exact) mass is 337 g/mol. The van der Waals surface area contributed by atoms with Crippen LogP contribution in [-0.2, 0) is 9.59 Å². The number of carbonyl (C=O) groups is 2. The molecule has 1 heterocycles. The fourth-order valence-electron chi connectivity index (χ4n) is 2.77. The standard InChI is InChI=1S/C17H23NO4S/c1-3-22-14-4-6-15(7-5-14)23-11-16(19)18-9-12(2)8-13(10-18)17(20)21/h4-7,12-13H,3,8-11H2,1-2H3,(H,20,21). The molecule has 1 aliphatic heterocycles. The summed E-state index contributed by atoms with van der Waals surface area (Å²) in [5.41, 5.74) is 0. The molecule has 2 rings (SSSR count). The lowest BCUT2D eigenvalue weighted by molar-refractivity contribution is -0.146. The summed E-state index contributed by atoms with van der Waals surface area (Å²) in [5.74, 6) is 0.113. The van der Waals surface area contributed by atoms with Gasteiger partial charge in [0.1, 0.15) is 5.75 Å². The Hall–Kier alpha value is -1.69. The molecule has 1 aliphatic rings. The van der Waals surface area contributed by atoms with Gasteiger partial charge in [0, 0.05) is 18.0 Å². The number of amides is 1. The predicted molar refractivity (Wildman–Crippen MR) is 89.8 cm³/mol. The third kappa shape index (κ3) is 5.16. The first kappa shape index (κ1) is 17.7. The minimum atomic E-state index is -0.812. The normalized spacial score (nSPS) is 21.0. The number of carbonyl (C=O) groups excluding carboxylic acids is 1. The van der Waals surface area contributed by atoms with Crippen LogP contribution >= 0.6 is 11.8 Å². The Labute approximate surface area is 141 Å². The number of ether oxygens (including phenoxy) is 1. The molecule has 2 unspecified atom stereocenters. The number of likely N-dealkylation sites (tertiary alicyclic amines) is 1. The molecule has 5 nitrogen and oxygen atoms in total. The highest BCUT2D eigenvalue weighted by Gasteiger charge is 2.31. The van der Waals surface area contributed by atoms with Gasteiger partial charge in [0.15, 0.2) is 0 Å². The van der Waals surface area contributed by atoms with Crippen LogP contribution in [0.2, 0.25) is 0 Å². The van der Waals surface area contributed by atoms with E-state index in [0.29, 0.717) is 31.9 Å². The number of thioether (sulfide) groups is 1. The SMILES string of the molecule is CCOc1ccc(SCC(=O)N2CC(C)CC(C(=O)O)C2)cc1. The van der Waals surface area contributed by atoms with Crippen LogP contribution in [0, 0.1) is 11.8 Å². The lowest BCUT2D eigenvalue weighted by atomic mass is 9.90. The lowest BCUT2D eigenvalue weighted by Crippen LogP contribution is -2.46. The number of carboxylic acid groups (broad SMARTS) is 1. The maximum absolute atomic E-state index is 12.3. The molecule has 126 valence electrons. The second-order valence-electron chi connectivity index (χ2n) is 5.87. The van der Waals surface area contributed by atoms with Gasteiger partial charge in [-0.3, -0.25) is 9.59 Å². The van der Waals surface area contributed by atoms with Crippen molar-refractivity contribution in [3.8, 4) is 5.75 Å². The molecular formula is C17H23NO4S. The highest BCUT2D eigenvalue weighted by molar-refractivity contribution is 8.00. The van der Waals surface area contributed by atoms with Crippen LogP contribution in [0.5, 0.6) is 5.75 Å². The van der Waals surface area contributed by atoms with E-state index in [1.165, 1.54) is 11.8 Å². The first-order chi connectivity index (χ1) is 11.0. The first-order valence-electron chi connectivity index (χ1n) is 7.85. The largest absolute Gasteiger partial charge is 0.494 e. The van der Waals surface area contributed by atoms with Crippen molar-refractivity contribution in [2.45, 2.75) is 25.2 Å². The van der Waals surface area contributed by atoms with E-state index in [9.17, 15) is 14.7 Å². The molecule has 1 amide bonds. The van der Waals surface area contributed by atoms with E-state index in [2.05, 4.69) is 0 Å². The van der Waals surface area contributed by atoms with Crippen molar-refractivity contribution in [3.63, 3.8) is 0 Å². The quantitative estimate of drug-likeness (QED) is 0.809. The van der Waals surface area contributed by atoms with Gasteiger partial charge in [-0.2, -0.15) is 0 Å². The number of nitrogens with zero attached hydrogens (tertiary/aromatic N) is 1. The van der Waals surface area contributed by atoms with Crippen molar-refractivity contribution in [1.29, 1.82) is 0 Å². The van der Waals surface area contributed by atoms with Crippen LogP contribution in [0.15, 0.2) is 29.2 Å². The molecule has 2 atom stereocenters. The lowest BCUT2D eigenvalue weighted by Gasteiger charge is -2.34. The molecule has 0 bridgehead atoms. The van der Waals surface area contributed by atoms with Gasteiger partial charge in [-0.15, -0.1) is 11.8 Å². The fourth-order valence-corrected chi connectivity index (χ4v) is 3.57. The summed E-state index contributed by atoms with van der Waals surface area (Å²) < 4.78 is 5.39. The highest BCUT2D eigenvalue weighted by atomic mass is 32.2. The highest BCUT2D eigenvalue weighted by Crippen LogP contribution is 2.25. The van der Waals surface area contributed by atoms with E-state index < -0.39 is 11.9 Å². The minimum absolute atomic E-state index is 0.00156. The van der Waals surface area contributed by atoms with E-state index in [1.807, 2.05) is 38.1 Å². The second-order valence-corrected chi connectivity index (χ2v) is 6.92.